The summed E-state index contributed by atoms with van der Waals surface area (Å²) in [5.74, 6) is -2.50. The molecule has 44 heavy (non-hydrogen) atoms. The van der Waals surface area contributed by atoms with Crippen LogP contribution in [0.1, 0.15) is 59.1 Å². The molecular weight excluding hydrogens is 574 g/mol. The Bertz CT molecular complexity index is 1240. The van der Waals surface area contributed by atoms with Crippen LogP contribution in [0.15, 0.2) is 54.6 Å². The summed E-state index contributed by atoms with van der Waals surface area (Å²) in [4.78, 5) is 62.2. The first kappa shape index (κ1) is 36.2. The lowest BCUT2D eigenvalue weighted by Crippen LogP contribution is -2.51. The van der Waals surface area contributed by atoms with Crippen molar-refractivity contribution in [2.24, 2.45) is 11.7 Å². The number of nitrogens with one attached hydrogen (secondary N) is 4. The molecule has 0 radical (unpaired) electrons. The van der Waals surface area contributed by atoms with E-state index in [1.807, 2.05) is 56.3 Å². The zero-order valence-corrected chi connectivity index (χ0v) is 28.0. The van der Waals surface area contributed by atoms with Gasteiger partial charge in [-0.15, -0.1) is 0 Å². The van der Waals surface area contributed by atoms with Crippen molar-refractivity contribution >= 4 is 43.5 Å². The molecule has 0 spiro atoms. The summed E-state index contributed by atoms with van der Waals surface area (Å²) in [7, 11) is -1.12. The van der Waals surface area contributed by atoms with E-state index in [1.165, 1.54) is 5.19 Å². The molecule has 2 aromatic rings. The van der Waals surface area contributed by atoms with Gasteiger partial charge >= 0.3 is 0 Å². The van der Waals surface area contributed by atoms with Gasteiger partial charge in [-0.05, 0) is 28.1 Å². The highest BCUT2D eigenvalue weighted by Gasteiger charge is 2.26. The van der Waals surface area contributed by atoms with Crippen molar-refractivity contribution in [3.8, 4) is 0 Å². The number of primary amides is 1. The number of rotatable bonds is 17. The predicted octanol–water partition coefficient (Wildman–Crippen LogP) is 1.46. The van der Waals surface area contributed by atoms with E-state index in [9.17, 15) is 24.0 Å². The number of carbonyl (C=O) groups is 5. The standard InChI is InChI=1S/C33H49N5O5Si/c1-21(2)31(38-30(41)19-25-12-14-26(15-13-25)44(22(3)4)23(5)6)33(43)35-17-16-29(40)37-27(32(42)36-20-28(34)39)18-24-10-8-7-9-11-24/h7-15,21-23,27,31,44H,16-20H2,1-6H3,(H2,34,39)(H,35,43)(H,36,42)(H,37,40)(H,38,41)/t27-,31-/m0/s1. The van der Waals surface area contributed by atoms with E-state index in [0.717, 1.165) is 11.1 Å². The number of benzene rings is 2. The molecule has 0 fully saturated rings. The fraction of sp³-hybridized carbons (Fsp3) is 0.485. The van der Waals surface area contributed by atoms with Crippen molar-refractivity contribution in [1.82, 2.24) is 21.3 Å². The van der Waals surface area contributed by atoms with E-state index in [4.69, 9.17) is 5.73 Å². The maximum absolute atomic E-state index is 13.0. The van der Waals surface area contributed by atoms with E-state index in [2.05, 4.69) is 61.1 Å². The molecule has 2 atom stereocenters. The normalized spacial score (nSPS) is 12.6. The van der Waals surface area contributed by atoms with E-state index in [0.29, 0.717) is 11.1 Å². The third-order valence-corrected chi connectivity index (χ3v) is 11.5. The Labute approximate surface area is 262 Å². The summed E-state index contributed by atoms with van der Waals surface area (Å²) >= 11 is 0. The molecule has 0 saturated heterocycles. The van der Waals surface area contributed by atoms with Crippen LogP contribution in [0.25, 0.3) is 0 Å². The van der Waals surface area contributed by atoms with Crippen molar-refractivity contribution in [1.29, 1.82) is 0 Å². The van der Waals surface area contributed by atoms with Crippen molar-refractivity contribution < 1.29 is 24.0 Å². The van der Waals surface area contributed by atoms with Gasteiger partial charge in [0.2, 0.25) is 29.5 Å². The maximum Gasteiger partial charge on any atom is 0.243 e. The molecule has 0 aliphatic carbocycles. The van der Waals surface area contributed by atoms with Crippen molar-refractivity contribution in [2.45, 2.75) is 84.0 Å². The number of amides is 5. The van der Waals surface area contributed by atoms with Gasteiger partial charge in [0, 0.05) is 19.4 Å². The molecular formula is C33H49N5O5Si. The monoisotopic (exact) mass is 623 g/mol. The summed E-state index contributed by atoms with van der Waals surface area (Å²) < 4.78 is 0. The molecule has 0 aliphatic rings. The van der Waals surface area contributed by atoms with Crippen LogP contribution >= 0.6 is 0 Å². The Hall–Kier alpha value is -3.99. The molecule has 0 heterocycles. The molecule has 0 aliphatic heterocycles. The summed E-state index contributed by atoms with van der Waals surface area (Å²) in [6.45, 7) is 12.5. The minimum atomic E-state index is -1.12. The van der Waals surface area contributed by atoms with Gasteiger partial charge in [0.15, 0.2) is 0 Å². The average Bonchev–Trinajstić information content (AvgIpc) is 2.95. The van der Waals surface area contributed by atoms with Crippen molar-refractivity contribution in [2.75, 3.05) is 13.1 Å². The fourth-order valence-corrected chi connectivity index (χ4v) is 9.09. The Morgan fingerprint density at radius 1 is 0.727 bits per heavy atom. The first-order valence-electron chi connectivity index (χ1n) is 15.3. The van der Waals surface area contributed by atoms with E-state index < -0.39 is 38.6 Å². The average molecular weight is 624 g/mol. The van der Waals surface area contributed by atoms with Gasteiger partial charge in [-0.25, -0.2) is 0 Å². The summed E-state index contributed by atoms with van der Waals surface area (Å²) in [6.07, 6.45) is 0.295. The minimum Gasteiger partial charge on any atom is -0.368 e. The summed E-state index contributed by atoms with van der Waals surface area (Å²) in [6, 6.07) is 15.7. The summed E-state index contributed by atoms with van der Waals surface area (Å²) in [5.41, 5.74) is 8.12. The number of hydrogen-bond acceptors (Lipinski definition) is 5. The van der Waals surface area contributed by atoms with Gasteiger partial charge in [0.1, 0.15) is 12.1 Å². The second-order valence-corrected chi connectivity index (χ2v) is 16.6. The largest absolute Gasteiger partial charge is 0.368 e. The Kier molecular flexibility index (Phi) is 14.8. The number of hydrogen-bond donors (Lipinski definition) is 5. The maximum atomic E-state index is 13.0. The third-order valence-electron chi connectivity index (χ3n) is 7.45. The van der Waals surface area contributed by atoms with Crippen molar-refractivity contribution in [3.05, 3.63) is 65.7 Å². The molecule has 2 rings (SSSR count). The Morgan fingerprint density at radius 2 is 1.34 bits per heavy atom. The van der Waals surface area contributed by atoms with Crippen LogP contribution in [-0.4, -0.2) is 63.5 Å². The molecule has 10 nitrogen and oxygen atoms in total. The van der Waals surface area contributed by atoms with Crippen LogP contribution in [0.2, 0.25) is 11.1 Å². The SMILES string of the molecule is CC(C)[C@H](NC(=O)Cc1ccc([SiH](C(C)C)C(C)C)cc1)C(=O)NCCC(=O)N[C@@H](Cc1ccccc1)C(=O)NCC(N)=O. The lowest BCUT2D eigenvalue weighted by molar-refractivity contribution is -0.131. The third kappa shape index (κ3) is 12.3. The highest BCUT2D eigenvalue weighted by atomic mass is 28.3. The van der Waals surface area contributed by atoms with Gasteiger partial charge in [-0.1, -0.05) is 101 Å². The van der Waals surface area contributed by atoms with E-state index in [1.54, 1.807) is 0 Å². The first-order chi connectivity index (χ1) is 20.8. The predicted molar refractivity (Wildman–Crippen MR) is 176 cm³/mol. The van der Waals surface area contributed by atoms with E-state index in [-0.39, 0.29) is 50.1 Å². The number of nitrogens with two attached hydrogens (primary N) is 1. The molecule has 2 aromatic carbocycles. The molecule has 6 N–H and O–H groups in total. The highest BCUT2D eigenvalue weighted by Crippen LogP contribution is 2.20. The van der Waals surface area contributed by atoms with E-state index >= 15 is 0 Å². The fourth-order valence-electron chi connectivity index (χ4n) is 5.37. The van der Waals surface area contributed by atoms with Crippen LogP contribution in [0, 0.1) is 5.92 Å². The lowest BCUT2D eigenvalue weighted by Gasteiger charge is -2.24. The Balaban J connectivity index is 1.91. The van der Waals surface area contributed by atoms with Gasteiger partial charge in [0.05, 0.1) is 21.8 Å². The zero-order valence-electron chi connectivity index (χ0n) is 26.8. The van der Waals surface area contributed by atoms with Gasteiger partial charge in [-0.3, -0.25) is 24.0 Å². The molecule has 240 valence electrons. The second-order valence-electron chi connectivity index (χ2n) is 12.3. The molecule has 0 saturated carbocycles. The first-order valence-corrected chi connectivity index (χ1v) is 17.2. The molecule has 0 bridgehead atoms. The topological polar surface area (TPSA) is 159 Å². The van der Waals surface area contributed by atoms with Crippen LogP contribution in [0.4, 0.5) is 0 Å². The van der Waals surface area contributed by atoms with Crippen LogP contribution < -0.4 is 32.2 Å². The number of carbonyl (C=O) groups excluding carboxylic acids is 5. The highest BCUT2D eigenvalue weighted by molar-refractivity contribution is 6.75. The molecule has 5 amide bonds. The van der Waals surface area contributed by atoms with Crippen LogP contribution in [0.5, 0.6) is 0 Å². The van der Waals surface area contributed by atoms with Crippen LogP contribution in [-0.2, 0) is 36.8 Å². The van der Waals surface area contributed by atoms with Gasteiger partial charge < -0.3 is 27.0 Å². The summed E-state index contributed by atoms with van der Waals surface area (Å²) in [5, 5.41) is 12.1. The zero-order chi connectivity index (χ0) is 32.8. The molecule has 11 heteroatoms. The molecule has 0 unspecified atom stereocenters. The van der Waals surface area contributed by atoms with Gasteiger partial charge in [-0.2, -0.15) is 0 Å². The lowest BCUT2D eigenvalue weighted by atomic mass is 10.0. The van der Waals surface area contributed by atoms with Gasteiger partial charge in [0.25, 0.3) is 0 Å². The quantitative estimate of drug-likeness (QED) is 0.169. The van der Waals surface area contributed by atoms with Crippen molar-refractivity contribution in [3.63, 3.8) is 0 Å². The smallest absolute Gasteiger partial charge is 0.243 e. The minimum absolute atomic E-state index is 0.0168. The second kappa shape index (κ2) is 18.0. The van der Waals surface area contributed by atoms with Crippen LogP contribution in [0.3, 0.4) is 0 Å². The Morgan fingerprint density at radius 3 is 1.89 bits per heavy atom. The molecule has 0 aromatic heterocycles.